The van der Waals surface area contributed by atoms with Crippen LogP contribution in [0.25, 0.3) is 0 Å². The summed E-state index contributed by atoms with van der Waals surface area (Å²) in [6.45, 7) is 7.52. The van der Waals surface area contributed by atoms with E-state index in [1.807, 2.05) is 43.3 Å². The molecule has 2 aromatic rings. The van der Waals surface area contributed by atoms with Crippen molar-refractivity contribution >= 4 is 29.9 Å². The molecule has 0 aliphatic rings. The van der Waals surface area contributed by atoms with Gasteiger partial charge in [0.05, 0.1) is 20.3 Å². The molecule has 0 aromatic heterocycles. The molecule has 0 radical (unpaired) electrons. The number of rotatable bonds is 9. The van der Waals surface area contributed by atoms with E-state index >= 15 is 0 Å². The van der Waals surface area contributed by atoms with Crippen molar-refractivity contribution in [1.29, 1.82) is 0 Å². The van der Waals surface area contributed by atoms with Crippen LogP contribution in [0.2, 0.25) is 0 Å². The molecule has 0 spiro atoms. The lowest BCUT2D eigenvalue weighted by Crippen LogP contribution is -2.37. The number of nitrogens with zero attached hydrogens (tertiary/aromatic N) is 1. The second kappa shape index (κ2) is 13.4. The second-order valence-corrected chi connectivity index (χ2v) is 5.81. The number of hydrogen-bond acceptors (Lipinski definition) is 3. The van der Waals surface area contributed by atoms with E-state index < -0.39 is 0 Å². The largest absolute Gasteiger partial charge is 0.497 e. The second-order valence-electron chi connectivity index (χ2n) is 5.81. The van der Waals surface area contributed by atoms with Gasteiger partial charge in [-0.15, -0.1) is 24.0 Å². The van der Waals surface area contributed by atoms with Crippen LogP contribution in [-0.4, -0.2) is 26.2 Å². The highest BCUT2D eigenvalue weighted by atomic mass is 127. The van der Waals surface area contributed by atoms with Gasteiger partial charge >= 0.3 is 0 Å². The van der Waals surface area contributed by atoms with Crippen molar-refractivity contribution in [3.05, 3.63) is 65.2 Å². The summed E-state index contributed by atoms with van der Waals surface area (Å²) < 4.78 is 10.8. The Morgan fingerprint density at radius 2 is 1.78 bits per heavy atom. The zero-order valence-electron chi connectivity index (χ0n) is 16.3. The van der Waals surface area contributed by atoms with Crippen LogP contribution in [0.5, 0.6) is 5.75 Å². The molecule has 0 unspecified atom stereocenters. The van der Waals surface area contributed by atoms with Crippen molar-refractivity contribution in [3.63, 3.8) is 0 Å². The van der Waals surface area contributed by atoms with Gasteiger partial charge in [-0.2, -0.15) is 0 Å². The minimum Gasteiger partial charge on any atom is -0.497 e. The van der Waals surface area contributed by atoms with Gasteiger partial charge in [0.1, 0.15) is 5.75 Å². The van der Waals surface area contributed by atoms with Crippen LogP contribution in [0.4, 0.5) is 0 Å². The van der Waals surface area contributed by atoms with Crippen LogP contribution in [0.3, 0.4) is 0 Å². The first-order valence-electron chi connectivity index (χ1n) is 9.06. The predicted octanol–water partition coefficient (Wildman–Crippen LogP) is 4.11. The van der Waals surface area contributed by atoms with E-state index in [0.29, 0.717) is 26.3 Å². The maximum Gasteiger partial charge on any atom is 0.191 e. The van der Waals surface area contributed by atoms with Gasteiger partial charge in [-0.25, -0.2) is 4.99 Å². The van der Waals surface area contributed by atoms with Crippen LogP contribution in [0, 0.1) is 0 Å². The molecule has 6 heteroatoms. The molecule has 0 saturated carbocycles. The van der Waals surface area contributed by atoms with Crippen LogP contribution >= 0.6 is 24.0 Å². The summed E-state index contributed by atoms with van der Waals surface area (Å²) in [6.07, 6.45) is 0. The first-order chi connectivity index (χ1) is 12.8. The lowest BCUT2D eigenvalue weighted by molar-refractivity contribution is 0.133. The Hall–Kier alpha value is -1.80. The Morgan fingerprint density at radius 1 is 1.00 bits per heavy atom. The SMILES string of the molecule is CCNC(=NCc1cccc(OC)c1)NCc1ccccc1COCC.I. The summed E-state index contributed by atoms with van der Waals surface area (Å²) >= 11 is 0. The molecule has 5 nitrogen and oxygen atoms in total. The first kappa shape index (κ1) is 23.2. The molecule has 0 saturated heterocycles. The predicted molar refractivity (Wildman–Crippen MR) is 122 cm³/mol. The lowest BCUT2D eigenvalue weighted by Gasteiger charge is -2.14. The van der Waals surface area contributed by atoms with Crippen molar-refractivity contribution in [2.45, 2.75) is 33.5 Å². The third kappa shape index (κ3) is 8.17. The van der Waals surface area contributed by atoms with Gasteiger partial charge in [0, 0.05) is 19.7 Å². The molecule has 27 heavy (non-hydrogen) atoms. The molecule has 0 aliphatic carbocycles. The highest BCUT2D eigenvalue weighted by Gasteiger charge is 2.04. The molecule has 0 heterocycles. The third-order valence-corrected chi connectivity index (χ3v) is 3.92. The summed E-state index contributed by atoms with van der Waals surface area (Å²) in [6, 6.07) is 16.3. The Kier molecular flexibility index (Phi) is 11.5. The maximum atomic E-state index is 5.56. The van der Waals surface area contributed by atoms with E-state index in [-0.39, 0.29) is 24.0 Å². The zero-order chi connectivity index (χ0) is 18.6. The van der Waals surface area contributed by atoms with E-state index in [0.717, 1.165) is 23.8 Å². The number of methoxy groups -OCH3 is 1. The molecule has 0 fully saturated rings. The Labute approximate surface area is 179 Å². The molecule has 2 rings (SSSR count). The highest BCUT2D eigenvalue weighted by Crippen LogP contribution is 2.13. The van der Waals surface area contributed by atoms with E-state index in [1.54, 1.807) is 7.11 Å². The van der Waals surface area contributed by atoms with Gasteiger partial charge in [0.25, 0.3) is 0 Å². The average molecular weight is 483 g/mol. The van der Waals surface area contributed by atoms with Gasteiger partial charge in [0.2, 0.25) is 0 Å². The average Bonchev–Trinajstić information content (AvgIpc) is 2.69. The number of aliphatic imine (C=N–C) groups is 1. The smallest absolute Gasteiger partial charge is 0.191 e. The molecule has 0 amide bonds. The van der Waals surface area contributed by atoms with E-state index in [4.69, 9.17) is 9.47 Å². The summed E-state index contributed by atoms with van der Waals surface area (Å²) in [5, 5.41) is 6.70. The molecule has 148 valence electrons. The van der Waals surface area contributed by atoms with Crippen LogP contribution in [0.1, 0.15) is 30.5 Å². The van der Waals surface area contributed by atoms with Crippen molar-refractivity contribution in [1.82, 2.24) is 10.6 Å². The Morgan fingerprint density at radius 3 is 2.48 bits per heavy atom. The molecular formula is C21H30IN3O2. The number of benzene rings is 2. The Balaban J connectivity index is 0.00000364. The van der Waals surface area contributed by atoms with Gasteiger partial charge in [-0.3, -0.25) is 0 Å². The van der Waals surface area contributed by atoms with Crippen molar-refractivity contribution < 1.29 is 9.47 Å². The fraction of sp³-hybridized carbons (Fsp3) is 0.381. The highest BCUT2D eigenvalue weighted by molar-refractivity contribution is 14.0. The van der Waals surface area contributed by atoms with E-state index in [9.17, 15) is 0 Å². The number of ether oxygens (including phenoxy) is 2. The fourth-order valence-electron chi connectivity index (χ4n) is 2.54. The number of halogens is 1. The molecule has 0 atom stereocenters. The van der Waals surface area contributed by atoms with Crippen LogP contribution in [0.15, 0.2) is 53.5 Å². The number of nitrogens with one attached hydrogen (secondary N) is 2. The topological polar surface area (TPSA) is 54.9 Å². The van der Waals surface area contributed by atoms with Gasteiger partial charge in [-0.1, -0.05) is 36.4 Å². The summed E-state index contributed by atoms with van der Waals surface area (Å²) in [4.78, 5) is 4.67. The molecule has 2 aromatic carbocycles. The maximum absolute atomic E-state index is 5.56. The first-order valence-corrected chi connectivity index (χ1v) is 9.06. The summed E-state index contributed by atoms with van der Waals surface area (Å²) in [5.41, 5.74) is 3.52. The van der Waals surface area contributed by atoms with Gasteiger partial charge < -0.3 is 20.1 Å². The van der Waals surface area contributed by atoms with Crippen LogP contribution in [-0.2, 0) is 24.4 Å². The van der Waals surface area contributed by atoms with Crippen molar-refractivity contribution in [2.24, 2.45) is 4.99 Å². The number of guanidine groups is 1. The minimum absolute atomic E-state index is 0. The monoisotopic (exact) mass is 483 g/mol. The van der Waals surface area contributed by atoms with Crippen molar-refractivity contribution in [3.8, 4) is 5.75 Å². The van der Waals surface area contributed by atoms with Gasteiger partial charge in [0.15, 0.2) is 5.96 Å². The summed E-state index contributed by atoms with van der Waals surface area (Å²) in [7, 11) is 1.67. The van der Waals surface area contributed by atoms with Gasteiger partial charge in [-0.05, 0) is 42.7 Å². The molecule has 0 aliphatic heterocycles. The molecule has 2 N–H and O–H groups in total. The standard InChI is InChI=1S/C21H29N3O2.HI/c1-4-22-21(23-14-17-9-8-12-20(13-17)25-3)24-15-18-10-6-7-11-19(18)16-26-5-2;/h6-13H,4-5,14-16H2,1-3H3,(H2,22,23,24);1H. The fourth-order valence-corrected chi connectivity index (χ4v) is 2.54. The lowest BCUT2D eigenvalue weighted by atomic mass is 10.1. The molecule has 0 bridgehead atoms. The van der Waals surface area contributed by atoms with E-state index in [2.05, 4.69) is 34.7 Å². The minimum atomic E-state index is 0. The van der Waals surface area contributed by atoms with Crippen molar-refractivity contribution in [2.75, 3.05) is 20.3 Å². The third-order valence-electron chi connectivity index (χ3n) is 3.92. The molecular weight excluding hydrogens is 453 g/mol. The number of hydrogen-bond donors (Lipinski definition) is 2. The Bertz CT molecular complexity index is 707. The zero-order valence-corrected chi connectivity index (χ0v) is 18.7. The van der Waals surface area contributed by atoms with E-state index in [1.165, 1.54) is 11.1 Å². The van der Waals surface area contributed by atoms with Crippen LogP contribution < -0.4 is 15.4 Å². The quantitative estimate of drug-likeness (QED) is 0.321. The normalized spacial score (nSPS) is 10.9. The summed E-state index contributed by atoms with van der Waals surface area (Å²) in [5.74, 6) is 1.64.